The molecule has 4 heterocycles. The minimum atomic E-state index is -0.464. The van der Waals surface area contributed by atoms with Crippen molar-refractivity contribution in [2.75, 3.05) is 36.5 Å². The summed E-state index contributed by atoms with van der Waals surface area (Å²) in [4.78, 5) is 32.8. The zero-order valence-electron chi connectivity index (χ0n) is 10.4. The number of ether oxygens (including phenoxy) is 2. The highest BCUT2D eigenvalue weighted by Crippen LogP contribution is 2.32. The molecule has 4 rings (SSSR count). The molecule has 0 saturated carbocycles. The van der Waals surface area contributed by atoms with Crippen LogP contribution in [0.3, 0.4) is 0 Å². The first-order valence-corrected chi connectivity index (χ1v) is 6.16. The number of anilines is 2. The summed E-state index contributed by atoms with van der Waals surface area (Å²) in [6.07, 6.45) is 0.978. The van der Waals surface area contributed by atoms with E-state index in [1.54, 1.807) is 0 Å². The highest BCUT2D eigenvalue weighted by Gasteiger charge is 2.50. The highest BCUT2D eigenvalue weighted by molar-refractivity contribution is 5.94. The van der Waals surface area contributed by atoms with Crippen LogP contribution in [0.2, 0.25) is 0 Å². The molecule has 0 atom stereocenters. The molecule has 9 nitrogen and oxygen atoms in total. The van der Waals surface area contributed by atoms with Crippen molar-refractivity contribution in [3.05, 3.63) is 6.20 Å². The Morgan fingerprint density at radius 2 is 2.20 bits per heavy atom. The second-order valence-corrected chi connectivity index (χ2v) is 4.96. The molecule has 2 fully saturated rings. The first-order chi connectivity index (χ1) is 9.65. The third kappa shape index (κ3) is 1.59. The normalized spacial score (nSPS) is 22.7. The Hall–Kier alpha value is -2.42. The molecule has 2 saturated heterocycles. The molecular weight excluding hydrogens is 266 g/mol. The summed E-state index contributed by atoms with van der Waals surface area (Å²) in [5.41, 5.74) is -0.464. The monoisotopic (exact) mass is 277 g/mol. The smallest absolute Gasteiger partial charge is 0.416 e. The fraction of sp³-hybridized carbons (Fsp3) is 0.455. The van der Waals surface area contributed by atoms with Crippen LogP contribution in [0, 0.1) is 0 Å². The molecule has 1 spiro atoms. The van der Waals surface area contributed by atoms with E-state index in [9.17, 15) is 9.59 Å². The van der Waals surface area contributed by atoms with E-state index in [0.29, 0.717) is 25.5 Å². The molecule has 3 aliphatic heterocycles. The second kappa shape index (κ2) is 3.79. The average molecular weight is 277 g/mol. The number of amides is 2. The molecule has 0 bridgehead atoms. The molecule has 104 valence electrons. The summed E-state index contributed by atoms with van der Waals surface area (Å²) in [7, 11) is 0. The maximum atomic E-state index is 11.9. The van der Waals surface area contributed by atoms with Gasteiger partial charge in [0.2, 0.25) is 0 Å². The molecule has 0 aromatic carbocycles. The summed E-state index contributed by atoms with van der Waals surface area (Å²) < 4.78 is 10.5. The van der Waals surface area contributed by atoms with Gasteiger partial charge in [0.05, 0.1) is 12.7 Å². The van der Waals surface area contributed by atoms with E-state index in [4.69, 9.17) is 9.47 Å². The fourth-order valence-electron chi connectivity index (χ4n) is 2.38. The van der Waals surface area contributed by atoms with Crippen LogP contribution in [0.1, 0.15) is 0 Å². The molecule has 1 aromatic rings. The summed E-state index contributed by atoms with van der Waals surface area (Å²) >= 11 is 0. The van der Waals surface area contributed by atoms with Crippen LogP contribution < -0.4 is 20.3 Å². The number of fused-ring (bicyclic) bond motifs is 1. The van der Waals surface area contributed by atoms with Gasteiger partial charge >= 0.3 is 6.09 Å². The molecule has 20 heavy (non-hydrogen) atoms. The third-order valence-electron chi connectivity index (χ3n) is 3.47. The van der Waals surface area contributed by atoms with Crippen LogP contribution in [-0.2, 0) is 9.53 Å². The van der Waals surface area contributed by atoms with Crippen LogP contribution in [0.25, 0.3) is 0 Å². The van der Waals surface area contributed by atoms with Crippen LogP contribution >= 0.6 is 0 Å². The summed E-state index contributed by atoms with van der Waals surface area (Å²) in [6.45, 7) is 1.60. The Morgan fingerprint density at radius 1 is 1.35 bits per heavy atom. The van der Waals surface area contributed by atoms with Crippen molar-refractivity contribution in [1.82, 2.24) is 15.3 Å². The number of nitrogens with one attached hydrogen (secondary N) is 2. The van der Waals surface area contributed by atoms with Gasteiger partial charge in [-0.3, -0.25) is 9.69 Å². The van der Waals surface area contributed by atoms with Gasteiger partial charge in [-0.15, -0.1) is 0 Å². The van der Waals surface area contributed by atoms with Crippen molar-refractivity contribution in [2.24, 2.45) is 0 Å². The van der Waals surface area contributed by atoms with E-state index in [1.807, 2.05) is 0 Å². The van der Waals surface area contributed by atoms with Gasteiger partial charge in [-0.1, -0.05) is 0 Å². The molecule has 2 amide bonds. The SMILES string of the molecule is O=C1COc2ncc(N3CC4(CNC4)OC3=O)nc2N1. The predicted molar refractivity (Wildman–Crippen MR) is 65.6 cm³/mol. The number of carbonyl (C=O) groups excluding carboxylic acids is 2. The highest BCUT2D eigenvalue weighted by atomic mass is 16.6. The van der Waals surface area contributed by atoms with Gasteiger partial charge in [-0.2, -0.15) is 0 Å². The van der Waals surface area contributed by atoms with E-state index in [0.717, 1.165) is 0 Å². The molecule has 1 aromatic heterocycles. The Kier molecular flexibility index (Phi) is 2.16. The van der Waals surface area contributed by atoms with Crippen LogP contribution in [-0.4, -0.2) is 53.8 Å². The molecule has 0 aliphatic carbocycles. The Morgan fingerprint density at radius 3 is 2.90 bits per heavy atom. The Labute approximate surface area is 113 Å². The van der Waals surface area contributed by atoms with Gasteiger partial charge in [0, 0.05) is 13.1 Å². The maximum absolute atomic E-state index is 11.9. The third-order valence-corrected chi connectivity index (χ3v) is 3.47. The summed E-state index contributed by atoms with van der Waals surface area (Å²) in [6, 6.07) is 0. The van der Waals surface area contributed by atoms with Crippen molar-refractivity contribution in [2.45, 2.75) is 5.60 Å². The lowest BCUT2D eigenvalue weighted by atomic mass is 9.97. The van der Waals surface area contributed by atoms with E-state index in [1.165, 1.54) is 11.1 Å². The zero-order valence-corrected chi connectivity index (χ0v) is 10.4. The Bertz CT molecular complexity index is 615. The van der Waals surface area contributed by atoms with E-state index < -0.39 is 11.7 Å². The zero-order chi connectivity index (χ0) is 13.7. The number of carbonyl (C=O) groups is 2. The summed E-state index contributed by atoms with van der Waals surface area (Å²) in [5, 5.41) is 5.63. The average Bonchev–Trinajstić information content (AvgIpc) is 2.76. The molecule has 3 aliphatic rings. The van der Waals surface area contributed by atoms with Gasteiger partial charge in [-0.25, -0.2) is 14.8 Å². The second-order valence-electron chi connectivity index (χ2n) is 4.96. The van der Waals surface area contributed by atoms with Gasteiger partial charge in [0.15, 0.2) is 23.8 Å². The lowest BCUT2D eigenvalue weighted by Crippen LogP contribution is -2.61. The minimum Gasteiger partial charge on any atom is -0.465 e. The topological polar surface area (TPSA) is 106 Å². The van der Waals surface area contributed by atoms with Crippen molar-refractivity contribution >= 4 is 23.6 Å². The lowest BCUT2D eigenvalue weighted by molar-refractivity contribution is -0.118. The van der Waals surface area contributed by atoms with E-state index in [2.05, 4.69) is 20.6 Å². The minimum absolute atomic E-state index is 0.0818. The van der Waals surface area contributed by atoms with Gasteiger partial charge in [-0.05, 0) is 0 Å². The molecular formula is C11H11N5O4. The fourth-order valence-corrected chi connectivity index (χ4v) is 2.38. The lowest BCUT2D eigenvalue weighted by Gasteiger charge is -2.36. The van der Waals surface area contributed by atoms with Crippen molar-refractivity contribution in [3.8, 4) is 5.88 Å². The molecule has 2 N–H and O–H groups in total. The number of hydrogen-bond acceptors (Lipinski definition) is 7. The quantitative estimate of drug-likeness (QED) is 0.685. The van der Waals surface area contributed by atoms with Gasteiger partial charge in [0.25, 0.3) is 11.8 Å². The predicted octanol–water partition coefficient (Wildman–Crippen LogP) is -0.894. The largest absolute Gasteiger partial charge is 0.465 e. The summed E-state index contributed by atoms with van der Waals surface area (Å²) in [5.74, 6) is 0.510. The van der Waals surface area contributed by atoms with Crippen LogP contribution in [0.4, 0.5) is 16.4 Å². The standard InChI is InChI=1S/C11H11N5O4/c17-7-2-19-9-8(15-7)14-6(1-13-9)16-5-11(3-12-4-11)20-10(16)18/h1,12H,2-5H2,(H,14,15,17). The first-order valence-electron chi connectivity index (χ1n) is 6.16. The Balaban J connectivity index is 1.64. The van der Waals surface area contributed by atoms with E-state index >= 15 is 0 Å². The number of hydrogen-bond donors (Lipinski definition) is 2. The number of rotatable bonds is 1. The molecule has 0 radical (unpaired) electrons. The number of nitrogens with zero attached hydrogens (tertiary/aromatic N) is 3. The van der Waals surface area contributed by atoms with Crippen molar-refractivity contribution in [1.29, 1.82) is 0 Å². The maximum Gasteiger partial charge on any atom is 0.416 e. The van der Waals surface area contributed by atoms with Crippen molar-refractivity contribution < 1.29 is 19.1 Å². The molecule has 0 unspecified atom stereocenters. The number of aromatic nitrogens is 2. The van der Waals surface area contributed by atoms with E-state index in [-0.39, 0.29) is 24.2 Å². The van der Waals surface area contributed by atoms with Crippen molar-refractivity contribution in [3.63, 3.8) is 0 Å². The van der Waals surface area contributed by atoms with Crippen LogP contribution in [0.5, 0.6) is 5.88 Å². The van der Waals surface area contributed by atoms with Crippen LogP contribution in [0.15, 0.2) is 6.20 Å². The molecule has 9 heteroatoms. The van der Waals surface area contributed by atoms with Gasteiger partial charge in [0.1, 0.15) is 0 Å². The van der Waals surface area contributed by atoms with Gasteiger partial charge < -0.3 is 20.1 Å². The first kappa shape index (κ1) is 11.4.